The molecule has 32 heavy (non-hydrogen) atoms. The van der Waals surface area contributed by atoms with Crippen LogP contribution in [0.1, 0.15) is 30.5 Å². The number of nitrogens with one attached hydrogen (secondary N) is 1. The Bertz CT molecular complexity index is 1320. The smallest absolute Gasteiger partial charge is 0.166 e. The molecular weight excluding hydrogens is 407 g/mol. The summed E-state index contributed by atoms with van der Waals surface area (Å²) in [5.74, 6) is 0.471. The SMILES string of the molecule is C[C@@H](CO)n1cnc2c(NCCC3=CCc4ccccc43)nc(-c3cncc(F)c3)nc21. The second-order valence-corrected chi connectivity index (χ2v) is 7.91. The first-order valence-corrected chi connectivity index (χ1v) is 10.6. The Balaban J connectivity index is 1.47. The molecule has 0 unspecified atom stereocenters. The van der Waals surface area contributed by atoms with E-state index in [1.807, 2.05) is 6.92 Å². The third-order valence-electron chi connectivity index (χ3n) is 5.74. The van der Waals surface area contributed by atoms with Gasteiger partial charge in [-0.25, -0.2) is 19.3 Å². The second kappa shape index (κ2) is 8.47. The third-order valence-corrected chi connectivity index (χ3v) is 5.74. The van der Waals surface area contributed by atoms with Gasteiger partial charge in [-0.1, -0.05) is 30.3 Å². The van der Waals surface area contributed by atoms with Gasteiger partial charge in [0.05, 0.1) is 25.2 Å². The Hall–Kier alpha value is -3.65. The number of imidazole rings is 1. The average molecular weight is 430 g/mol. The maximum absolute atomic E-state index is 13.8. The van der Waals surface area contributed by atoms with Crippen LogP contribution >= 0.6 is 0 Å². The molecule has 0 radical (unpaired) electrons. The summed E-state index contributed by atoms with van der Waals surface area (Å²) in [7, 11) is 0. The van der Waals surface area contributed by atoms with Crippen LogP contribution in [0.2, 0.25) is 0 Å². The van der Waals surface area contributed by atoms with Crippen molar-refractivity contribution in [1.82, 2.24) is 24.5 Å². The first kappa shape index (κ1) is 20.3. The molecule has 0 amide bonds. The summed E-state index contributed by atoms with van der Waals surface area (Å²) >= 11 is 0. The highest BCUT2D eigenvalue weighted by atomic mass is 19.1. The molecule has 1 atom stereocenters. The van der Waals surface area contributed by atoms with Gasteiger partial charge in [0, 0.05) is 18.3 Å². The van der Waals surface area contributed by atoms with Crippen LogP contribution in [0.25, 0.3) is 28.1 Å². The van der Waals surface area contributed by atoms with Crippen LogP contribution in [0.3, 0.4) is 0 Å². The highest BCUT2D eigenvalue weighted by Crippen LogP contribution is 2.30. The number of halogens is 1. The maximum atomic E-state index is 13.8. The molecular formula is C24H23FN6O. The minimum absolute atomic E-state index is 0.0529. The van der Waals surface area contributed by atoms with Crippen LogP contribution in [-0.4, -0.2) is 42.8 Å². The molecule has 0 aliphatic heterocycles. The first-order valence-electron chi connectivity index (χ1n) is 10.6. The van der Waals surface area contributed by atoms with E-state index in [0.717, 1.165) is 19.0 Å². The Labute approximate surface area is 184 Å². The predicted molar refractivity (Wildman–Crippen MR) is 122 cm³/mol. The number of aliphatic hydroxyl groups is 1. The van der Waals surface area contributed by atoms with Crippen LogP contribution in [0, 0.1) is 5.82 Å². The number of hydrogen-bond donors (Lipinski definition) is 2. The average Bonchev–Trinajstić information content (AvgIpc) is 3.43. The quantitative estimate of drug-likeness (QED) is 0.460. The summed E-state index contributed by atoms with van der Waals surface area (Å²) in [4.78, 5) is 17.7. The molecule has 1 aromatic carbocycles. The molecule has 8 heteroatoms. The topological polar surface area (TPSA) is 88.8 Å². The molecule has 0 saturated heterocycles. The predicted octanol–water partition coefficient (Wildman–Crippen LogP) is 4.02. The van der Waals surface area contributed by atoms with Gasteiger partial charge in [0.2, 0.25) is 0 Å². The number of rotatable bonds is 7. The standard InChI is InChI=1S/C24H23FN6O/c1-15(13-32)31-14-28-21-23(27-9-8-17-7-6-16-4-2-3-5-20(16)17)29-22(30-24(21)31)18-10-19(25)12-26-11-18/h2-5,7,10-12,14-15,32H,6,8-9,13H2,1H3,(H,27,29,30)/t15-/m0/s1. The Morgan fingerprint density at radius 2 is 2.09 bits per heavy atom. The zero-order valence-electron chi connectivity index (χ0n) is 17.7. The minimum Gasteiger partial charge on any atom is -0.394 e. The summed E-state index contributed by atoms with van der Waals surface area (Å²) < 4.78 is 15.6. The summed E-state index contributed by atoms with van der Waals surface area (Å²) in [6.07, 6.45) is 8.39. The molecule has 1 aliphatic carbocycles. The van der Waals surface area contributed by atoms with Crippen LogP contribution in [0.15, 0.2) is 55.1 Å². The zero-order chi connectivity index (χ0) is 22.1. The van der Waals surface area contributed by atoms with Gasteiger partial charge >= 0.3 is 0 Å². The van der Waals surface area contributed by atoms with Gasteiger partial charge in [-0.3, -0.25) is 4.98 Å². The Morgan fingerprint density at radius 1 is 1.22 bits per heavy atom. The number of pyridine rings is 1. The van der Waals surface area contributed by atoms with Gasteiger partial charge in [-0.15, -0.1) is 0 Å². The van der Waals surface area contributed by atoms with E-state index in [4.69, 9.17) is 0 Å². The van der Waals surface area contributed by atoms with E-state index in [0.29, 0.717) is 34.9 Å². The van der Waals surface area contributed by atoms with Crippen molar-refractivity contribution in [3.05, 3.63) is 72.1 Å². The van der Waals surface area contributed by atoms with Crippen LogP contribution in [-0.2, 0) is 6.42 Å². The Morgan fingerprint density at radius 3 is 2.94 bits per heavy atom. The van der Waals surface area contributed by atoms with Gasteiger partial charge < -0.3 is 15.0 Å². The maximum Gasteiger partial charge on any atom is 0.166 e. The number of fused-ring (bicyclic) bond motifs is 2. The molecule has 7 nitrogen and oxygen atoms in total. The number of benzene rings is 1. The summed E-state index contributed by atoms with van der Waals surface area (Å²) in [5, 5.41) is 13.0. The largest absolute Gasteiger partial charge is 0.394 e. The number of hydrogen-bond acceptors (Lipinski definition) is 6. The molecule has 3 aromatic heterocycles. The fourth-order valence-corrected chi connectivity index (χ4v) is 4.02. The monoisotopic (exact) mass is 430 g/mol. The van der Waals surface area contributed by atoms with Crippen LogP contribution in [0.5, 0.6) is 0 Å². The Kier molecular flexibility index (Phi) is 5.36. The van der Waals surface area contributed by atoms with Crippen LogP contribution in [0.4, 0.5) is 10.2 Å². The van der Waals surface area contributed by atoms with Crippen molar-refractivity contribution in [2.75, 3.05) is 18.5 Å². The molecule has 1 aliphatic rings. The van der Waals surface area contributed by atoms with E-state index in [9.17, 15) is 9.50 Å². The fraction of sp³-hybridized carbons (Fsp3) is 0.250. The highest BCUT2D eigenvalue weighted by Gasteiger charge is 2.18. The van der Waals surface area contributed by atoms with Gasteiger partial charge in [-0.05, 0) is 42.5 Å². The number of anilines is 1. The van der Waals surface area contributed by atoms with Crippen LogP contribution < -0.4 is 5.32 Å². The lowest BCUT2D eigenvalue weighted by molar-refractivity contribution is 0.241. The second-order valence-electron chi connectivity index (χ2n) is 7.91. The lowest BCUT2D eigenvalue weighted by Crippen LogP contribution is -2.10. The molecule has 3 heterocycles. The molecule has 0 saturated carbocycles. The van der Waals surface area contributed by atoms with Crippen molar-refractivity contribution in [2.24, 2.45) is 0 Å². The normalized spacial score (nSPS) is 13.8. The molecule has 5 rings (SSSR count). The van der Waals surface area contributed by atoms with E-state index in [2.05, 4.69) is 55.6 Å². The number of allylic oxidation sites excluding steroid dienone is 1. The van der Waals surface area contributed by atoms with Crippen molar-refractivity contribution in [1.29, 1.82) is 0 Å². The number of aliphatic hydroxyl groups excluding tert-OH is 1. The van der Waals surface area contributed by atoms with E-state index >= 15 is 0 Å². The molecule has 0 spiro atoms. The van der Waals surface area contributed by atoms with Gasteiger partial charge in [-0.2, -0.15) is 0 Å². The molecule has 2 N–H and O–H groups in total. The summed E-state index contributed by atoms with van der Waals surface area (Å²) in [5.41, 5.74) is 5.63. The van der Waals surface area contributed by atoms with Crippen molar-refractivity contribution in [3.63, 3.8) is 0 Å². The van der Waals surface area contributed by atoms with E-state index < -0.39 is 5.82 Å². The third kappa shape index (κ3) is 3.73. The zero-order valence-corrected chi connectivity index (χ0v) is 17.7. The lowest BCUT2D eigenvalue weighted by atomic mass is 10.0. The molecule has 162 valence electrons. The highest BCUT2D eigenvalue weighted by molar-refractivity contribution is 5.85. The van der Waals surface area contributed by atoms with Crippen molar-refractivity contribution in [2.45, 2.75) is 25.8 Å². The number of aromatic nitrogens is 5. The molecule has 0 bridgehead atoms. The summed E-state index contributed by atoms with van der Waals surface area (Å²) in [6, 6.07) is 9.60. The van der Waals surface area contributed by atoms with Gasteiger partial charge in [0.15, 0.2) is 17.3 Å². The lowest BCUT2D eigenvalue weighted by Gasteiger charge is -2.13. The van der Waals surface area contributed by atoms with Crippen molar-refractivity contribution in [3.8, 4) is 11.4 Å². The van der Waals surface area contributed by atoms with Gasteiger partial charge in [0.25, 0.3) is 0 Å². The number of nitrogens with zero attached hydrogens (tertiary/aromatic N) is 5. The van der Waals surface area contributed by atoms with Crippen molar-refractivity contribution >= 4 is 22.6 Å². The first-order chi connectivity index (χ1) is 15.6. The molecule has 0 fully saturated rings. The minimum atomic E-state index is -0.454. The van der Waals surface area contributed by atoms with Crippen molar-refractivity contribution < 1.29 is 9.50 Å². The van der Waals surface area contributed by atoms with E-state index in [1.165, 1.54) is 29.0 Å². The van der Waals surface area contributed by atoms with Gasteiger partial charge in [0.1, 0.15) is 11.3 Å². The van der Waals surface area contributed by atoms with E-state index in [1.54, 1.807) is 10.9 Å². The summed E-state index contributed by atoms with van der Waals surface area (Å²) in [6.45, 7) is 2.49. The molecule has 4 aromatic rings. The van der Waals surface area contributed by atoms with E-state index in [-0.39, 0.29) is 12.6 Å². The fourth-order valence-electron chi connectivity index (χ4n) is 4.02.